The van der Waals surface area contributed by atoms with Crippen molar-refractivity contribution in [3.05, 3.63) is 39.9 Å². The fraction of sp³-hybridized carbons (Fsp3) is 0.412. The summed E-state index contributed by atoms with van der Waals surface area (Å²) in [5, 5.41) is 1.52. The topological polar surface area (TPSA) is 33.2 Å². The lowest BCUT2D eigenvalue weighted by atomic mass is 10.2. The summed E-state index contributed by atoms with van der Waals surface area (Å²) in [6.45, 7) is 7.57. The standard InChI is InChI=1S/C17H21ClN2OS/c1-4-6-10-20(5-2)17(21)15-12(3)19-16(22-15)13-8-7-9-14(18)11-13/h7-9,11H,4-6,10H2,1-3H3. The van der Waals surface area contributed by atoms with Gasteiger partial charge in [-0.15, -0.1) is 11.3 Å². The van der Waals surface area contributed by atoms with Gasteiger partial charge in [0.2, 0.25) is 0 Å². The van der Waals surface area contributed by atoms with E-state index in [2.05, 4.69) is 11.9 Å². The van der Waals surface area contributed by atoms with Crippen LogP contribution in [0.5, 0.6) is 0 Å². The van der Waals surface area contributed by atoms with Crippen LogP contribution in [0, 0.1) is 6.92 Å². The number of amides is 1. The quantitative estimate of drug-likeness (QED) is 0.740. The minimum absolute atomic E-state index is 0.0826. The molecule has 0 spiro atoms. The second-order valence-electron chi connectivity index (χ2n) is 5.18. The molecule has 0 aliphatic rings. The third-order valence-electron chi connectivity index (χ3n) is 3.51. The Balaban J connectivity index is 2.27. The van der Waals surface area contributed by atoms with Gasteiger partial charge < -0.3 is 4.90 Å². The number of carbonyl (C=O) groups is 1. The summed E-state index contributed by atoms with van der Waals surface area (Å²) in [5.74, 6) is 0.0826. The Morgan fingerprint density at radius 3 is 2.77 bits per heavy atom. The van der Waals surface area contributed by atoms with Gasteiger partial charge in [0.25, 0.3) is 5.91 Å². The summed E-state index contributed by atoms with van der Waals surface area (Å²) < 4.78 is 0. The molecule has 0 saturated heterocycles. The molecular formula is C17H21ClN2OS. The van der Waals surface area contributed by atoms with E-state index >= 15 is 0 Å². The Bertz CT molecular complexity index is 654. The number of carbonyl (C=O) groups excluding carboxylic acids is 1. The van der Waals surface area contributed by atoms with Gasteiger partial charge in [0, 0.05) is 23.7 Å². The molecule has 22 heavy (non-hydrogen) atoms. The maximum atomic E-state index is 12.7. The van der Waals surface area contributed by atoms with Gasteiger partial charge in [0.1, 0.15) is 9.88 Å². The number of rotatable bonds is 6. The van der Waals surface area contributed by atoms with E-state index in [0.29, 0.717) is 5.02 Å². The second-order valence-corrected chi connectivity index (χ2v) is 6.62. The van der Waals surface area contributed by atoms with Crippen LogP contribution in [0.2, 0.25) is 5.02 Å². The number of hydrogen-bond acceptors (Lipinski definition) is 3. The normalized spacial score (nSPS) is 10.7. The van der Waals surface area contributed by atoms with E-state index in [1.165, 1.54) is 11.3 Å². The number of hydrogen-bond donors (Lipinski definition) is 0. The molecule has 0 N–H and O–H groups in total. The predicted octanol–water partition coefficient (Wildman–Crippen LogP) is 5.03. The molecule has 0 unspecified atom stereocenters. The van der Waals surface area contributed by atoms with E-state index in [4.69, 9.17) is 11.6 Å². The van der Waals surface area contributed by atoms with E-state index in [-0.39, 0.29) is 5.91 Å². The van der Waals surface area contributed by atoms with Crippen molar-refractivity contribution in [2.45, 2.75) is 33.6 Å². The Morgan fingerprint density at radius 1 is 1.36 bits per heavy atom. The Morgan fingerprint density at radius 2 is 2.14 bits per heavy atom. The highest BCUT2D eigenvalue weighted by Gasteiger charge is 2.20. The van der Waals surface area contributed by atoms with Crippen molar-refractivity contribution in [1.29, 1.82) is 0 Å². The van der Waals surface area contributed by atoms with Crippen LogP contribution in [0.4, 0.5) is 0 Å². The van der Waals surface area contributed by atoms with Gasteiger partial charge in [0.15, 0.2) is 0 Å². The van der Waals surface area contributed by atoms with E-state index in [0.717, 1.165) is 47.1 Å². The molecule has 0 aliphatic carbocycles. The number of aromatic nitrogens is 1. The second kappa shape index (κ2) is 7.75. The molecule has 1 aromatic heterocycles. The highest BCUT2D eigenvalue weighted by molar-refractivity contribution is 7.17. The highest BCUT2D eigenvalue weighted by atomic mass is 35.5. The zero-order valence-electron chi connectivity index (χ0n) is 13.2. The van der Waals surface area contributed by atoms with E-state index in [1.807, 2.05) is 43.0 Å². The monoisotopic (exact) mass is 336 g/mol. The maximum Gasteiger partial charge on any atom is 0.265 e. The number of halogens is 1. The number of aryl methyl sites for hydroxylation is 1. The van der Waals surface area contributed by atoms with Gasteiger partial charge in [-0.2, -0.15) is 0 Å². The number of nitrogens with zero attached hydrogens (tertiary/aromatic N) is 2. The molecule has 0 bridgehead atoms. The Labute approximate surface area is 140 Å². The van der Waals surface area contributed by atoms with Gasteiger partial charge >= 0.3 is 0 Å². The third-order valence-corrected chi connectivity index (χ3v) is 4.94. The van der Waals surface area contributed by atoms with Crippen molar-refractivity contribution in [3.63, 3.8) is 0 Å². The van der Waals surface area contributed by atoms with Crippen molar-refractivity contribution in [3.8, 4) is 10.6 Å². The lowest BCUT2D eigenvalue weighted by Gasteiger charge is -2.19. The number of unbranched alkanes of at least 4 members (excludes halogenated alkanes) is 1. The van der Waals surface area contributed by atoms with Gasteiger partial charge in [-0.3, -0.25) is 4.79 Å². The van der Waals surface area contributed by atoms with Crippen LogP contribution in [0.3, 0.4) is 0 Å². The molecule has 0 radical (unpaired) electrons. The van der Waals surface area contributed by atoms with Gasteiger partial charge in [0.05, 0.1) is 5.69 Å². The SMILES string of the molecule is CCCCN(CC)C(=O)c1sc(-c2cccc(Cl)c2)nc1C. The van der Waals surface area contributed by atoms with E-state index in [9.17, 15) is 4.79 Å². The zero-order chi connectivity index (χ0) is 16.1. The summed E-state index contributed by atoms with van der Waals surface area (Å²) in [7, 11) is 0. The first-order valence-corrected chi connectivity index (χ1v) is 8.78. The third kappa shape index (κ3) is 3.87. The lowest BCUT2D eigenvalue weighted by Crippen LogP contribution is -2.31. The predicted molar refractivity (Wildman–Crippen MR) is 93.8 cm³/mol. The first-order chi connectivity index (χ1) is 10.6. The molecule has 0 atom stereocenters. The average Bonchev–Trinajstić information content (AvgIpc) is 2.90. The number of benzene rings is 1. The van der Waals surface area contributed by atoms with Crippen LogP contribution in [0.1, 0.15) is 42.1 Å². The first kappa shape index (κ1) is 17.0. The molecule has 118 valence electrons. The van der Waals surface area contributed by atoms with Crippen molar-refractivity contribution < 1.29 is 4.79 Å². The van der Waals surface area contributed by atoms with Crippen LogP contribution in [0.25, 0.3) is 10.6 Å². The van der Waals surface area contributed by atoms with Gasteiger partial charge in [-0.1, -0.05) is 37.1 Å². The molecule has 1 amide bonds. The summed E-state index contributed by atoms with van der Waals surface area (Å²) in [6, 6.07) is 7.58. The molecule has 0 aliphatic heterocycles. The largest absolute Gasteiger partial charge is 0.338 e. The van der Waals surface area contributed by atoms with Crippen LogP contribution in [0.15, 0.2) is 24.3 Å². The molecule has 0 saturated carbocycles. The van der Waals surface area contributed by atoms with Crippen LogP contribution in [-0.2, 0) is 0 Å². The highest BCUT2D eigenvalue weighted by Crippen LogP contribution is 2.30. The van der Waals surface area contributed by atoms with E-state index in [1.54, 1.807) is 0 Å². The smallest absolute Gasteiger partial charge is 0.265 e. The number of thiazole rings is 1. The van der Waals surface area contributed by atoms with Crippen molar-refractivity contribution in [2.75, 3.05) is 13.1 Å². The van der Waals surface area contributed by atoms with Crippen molar-refractivity contribution in [1.82, 2.24) is 9.88 Å². The van der Waals surface area contributed by atoms with Crippen LogP contribution < -0.4 is 0 Å². The minimum atomic E-state index is 0.0826. The van der Waals surface area contributed by atoms with Gasteiger partial charge in [-0.25, -0.2) is 4.98 Å². The van der Waals surface area contributed by atoms with Crippen LogP contribution >= 0.6 is 22.9 Å². The molecule has 1 heterocycles. The van der Waals surface area contributed by atoms with Crippen LogP contribution in [-0.4, -0.2) is 28.9 Å². The molecule has 1 aromatic carbocycles. The summed E-state index contributed by atoms with van der Waals surface area (Å²) >= 11 is 7.48. The minimum Gasteiger partial charge on any atom is -0.338 e. The van der Waals surface area contributed by atoms with E-state index < -0.39 is 0 Å². The Hall–Kier alpha value is -1.39. The first-order valence-electron chi connectivity index (χ1n) is 7.59. The van der Waals surface area contributed by atoms with Crippen molar-refractivity contribution >= 4 is 28.8 Å². The zero-order valence-corrected chi connectivity index (χ0v) is 14.8. The summed E-state index contributed by atoms with van der Waals surface area (Å²) in [6.07, 6.45) is 2.11. The molecule has 2 aromatic rings. The molecule has 5 heteroatoms. The molecule has 3 nitrogen and oxygen atoms in total. The fourth-order valence-electron chi connectivity index (χ4n) is 2.24. The van der Waals surface area contributed by atoms with Crippen molar-refractivity contribution in [2.24, 2.45) is 0 Å². The average molecular weight is 337 g/mol. The molecule has 0 fully saturated rings. The molecule has 2 rings (SSSR count). The summed E-state index contributed by atoms with van der Waals surface area (Å²) in [4.78, 5) is 19.9. The Kier molecular flexibility index (Phi) is 5.98. The lowest BCUT2D eigenvalue weighted by molar-refractivity contribution is 0.0766. The molecular weight excluding hydrogens is 316 g/mol. The fourth-order valence-corrected chi connectivity index (χ4v) is 3.46. The van der Waals surface area contributed by atoms with Gasteiger partial charge in [-0.05, 0) is 32.4 Å². The summed E-state index contributed by atoms with van der Waals surface area (Å²) in [5.41, 5.74) is 1.75. The maximum absolute atomic E-state index is 12.7.